The lowest BCUT2D eigenvalue weighted by Crippen LogP contribution is -2.49. The number of carboxylic acids is 2. The van der Waals surface area contributed by atoms with Crippen molar-refractivity contribution in [3.05, 3.63) is 89.0 Å². The van der Waals surface area contributed by atoms with Crippen LogP contribution in [0.3, 0.4) is 0 Å². The van der Waals surface area contributed by atoms with Crippen LogP contribution in [-0.4, -0.2) is 78.9 Å². The Morgan fingerprint density at radius 3 is 2.05 bits per heavy atom. The fraction of sp³-hybridized carbons (Fsp3) is 0.308. The molecule has 2 aliphatic heterocycles. The molecule has 0 radical (unpaired) electrons. The van der Waals surface area contributed by atoms with Crippen molar-refractivity contribution in [2.75, 3.05) is 13.1 Å². The number of carboxylic acid groups (broad SMARTS) is 2. The van der Waals surface area contributed by atoms with E-state index in [0.717, 1.165) is 36.0 Å². The topological polar surface area (TPSA) is 116 Å². The Hall–Kier alpha value is -4.11. The van der Waals surface area contributed by atoms with Crippen LogP contribution in [0.4, 0.5) is 26.3 Å². The minimum atomic E-state index is -5.08. The first-order valence-electron chi connectivity index (χ1n) is 12.0. The van der Waals surface area contributed by atoms with Crippen LogP contribution in [0.1, 0.15) is 27.8 Å². The molecule has 0 aliphatic carbocycles. The number of hydrogen-bond acceptors (Lipinski definition) is 5. The van der Waals surface area contributed by atoms with Crippen LogP contribution < -0.4 is 0 Å². The van der Waals surface area contributed by atoms with Crippen molar-refractivity contribution in [2.45, 2.75) is 37.5 Å². The van der Waals surface area contributed by atoms with Gasteiger partial charge in [0.05, 0.1) is 24.3 Å². The Labute approximate surface area is 239 Å². The Morgan fingerprint density at radius 2 is 1.50 bits per heavy atom. The van der Waals surface area contributed by atoms with E-state index in [1.165, 1.54) is 5.56 Å². The molecule has 226 valence electrons. The lowest BCUT2D eigenvalue weighted by atomic mass is 10.1. The molecule has 2 N–H and O–H groups in total. The molecule has 42 heavy (non-hydrogen) atoms. The zero-order chi connectivity index (χ0) is 31.2. The van der Waals surface area contributed by atoms with E-state index >= 15 is 0 Å². The molecule has 3 aromatic rings. The van der Waals surface area contributed by atoms with Crippen molar-refractivity contribution in [1.82, 2.24) is 19.4 Å². The number of carbonyl (C=O) groups is 3. The maximum absolute atomic E-state index is 13.2. The number of aromatic nitrogens is 2. The monoisotopic (exact) mass is 620 g/mol. The SMILES string of the molecule is O=C(O)C(F)(F)F.O=C(O)C(F)(F)F.O=C1c2cccn2C2CN(Cc3cccc(Cl)c3)CC2N1Cc1ccccn1. The van der Waals surface area contributed by atoms with Gasteiger partial charge in [-0.1, -0.05) is 29.8 Å². The molecule has 9 nitrogen and oxygen atoms in total. The number of nitrogens with zero attached hydrogens (tertiary/aromatic N) is 4. The number of benzene rings is 1. The highest BCUT2D eigenvalue weighted by Crippen LogP contribution is 2.35. The third-order valence-corrected chi connectivity index (χ3v) is 6.43. The number of hydrogen-bond donors (Lipinski definition) is 2. The lowest BCUT2D eigenvalue weighted by molar-refractivity contribution is -0.193. The van der Waals surface area contributed by atoms with Gasteiger partial charge in [-0.3, -0.25) is 14.7 Å². The molecule has 1 fully saturated rings. The molecule has 16 heteroatoms. The van der Waals surface area contributed by atoms with E-state index in [1.54, 1.807) is 6.20 Å². The van der Waals surface area contributed by atoms with Crippen LogP contribution in [0.25, 0.3) is 0 Å². The quantitative estimate of drug-likeness (QED) is 0.399. The third-order valence-electron chi connectivity index (χ3n) is 6.19. The van der Waals surface area contributed by atoms with Gasteiger partial charge in [-0.25, -0.2) is 9.59 Å². The molecular weight excluding hydrogens is 598 g/mol. The Kier molecular flexibility index (Phi) is 10.2. The van der Waals surface area contributed by atoms with Crippen LogP contribution in [0.15, 0.2) is 67.0 Å². The summed E-state index contributed by atoms with van der Waals surface area (Å²) in [5, 5.41) is 15.0. The van der Waals surface area contributed by atoms with Crippen molar-refractivity contribution < 1.29 is 50.9 Å². The Bertz CT molecular complexity index is 1380. The van der Waals surface area contributed by atoms with E-state index in [4.69, 9.17) is 31.4 Å². The number of pyridine rings is 1. The molecular formula is C26H23ClF6N4O5. The van der Waals surface area contributed by atoms with Gasteiger partial charge >= 0.3 is 24.3 Å². The van der Waals surface area contributed by atoms with Gasteiger partial charge in [-0.05, 0) is 42.0 Å². The summed E-state index contributed by atoms with van der Waals surface area (Å²) in [6.07, 6.45) is -6.35. The zero-order valence-electron chi connectivity index (χ0n) is 21.4. The summed E-state index contributed by atoms with van der Waals surface area (Å²) in [4.78, 5) is 39.8. The van der Waals surface area contributed by atoms with Gasteiger partial charge in [-0.2, -0.15) is 26.3 Å². The zero-order valence-corrected chi connectivity index (χ0v) is 22.1. The summed E-state index contributed by atoms with van der Waals surface area (Å²) < 4.78 is 65.6. The highest BCUT2D eigenvalue weighted by Gasteiger charge is 2.45. The Morgan fingerprint density at radius 1 is 0.881 bits per heavy atom. The number of carbonyl (C=O) groups excluding carboxylic acids is 1. The summed E-state index contributed by atoms with van der Waals surface area (Å²) in [6, 6.07) is 18.1. The molecule has 1 amide bonds. The highest BCUT2D eigenvalue weighted by molar-refractivity contribution is 6.30. The van der Waals surface area contributed by atoms with Crippen LogP contribution in [0, 0.1) is 0 Å². The molecule has 2 atom stereocenters. The minimum absolute atomic E-state index is 0.0847. The van der Waals surface area contributed by atoms with Crippen LogP contribution in [-0.2, 0) is 22.7 Å². The van der Waals surface area contributed by atoms with Gasteiger partial charge in [0.1, 0.15) is 5.69 Å². The first-order chi connectivity index (χ1) is 19.6. The normalized spacial score (nSPS) is 18.2. The van der Waals surface area contributed by atoms with E-state index < -0.39 is 24.3 Å². The second kappa shape index (κ2) is 13.2. The fourth-order valence-electron chi connectivity index (χ4n) is 4.47. The van der Waals surface area contributed by atoms with E-state index in [-0.39, 0.29) is 18.0 Å². The maximum Gasteiger partial charge on any atom is 0.490 e. The van der Waals surface area contributed by atoms with E-state index in [2.05, 4.69) is 20.5 Å². The number of halogens is 7. The molecule has 1 saturated heterocycles. The molecule has 0 saturated carbocycles. The summed E-state index contributed by atoms with van der Waals surface area (Å²) in [7, 11) is 0. The van der Waals surface area contributed by atoms with Gasteiger partial charge in [0.2, 0.25) is 0 Å². The number of alkyl halides is 6. The number of rotatable bonds is 4. The van der Waals surface area contributed by atoms with Gasteiger partial charge in [0.15, 0.2) is 0 Å². The summed E-state index contributed by atoms with van der Waals surface area (Å²) in [5.74, 6) is -5.43. The lowest BCUT2D eigenvalue weighted by Gasteiger charge is -2.38. The summed E-state index contributed by atoms with van der Waals surface area (Å²) >= 11 is 6.15. The van der Waals surface area contributed by atoms with E-state index in [9.17, 15) is 31.1 Å². The maximum atomic E-state index is 13.2. The predicted octanol–water partition coefficient (Wildman–Crippen LogP) is 4.88. The van der Waals surface area contributed by atoms with Crippen LogP contribution in [0.5, 0.6) is 0 Å². The molecule has 0 bridgehead atoms. The van der Waals surface area contributed by atoms with Crippen molar-refractivity contribution >= 4 is 29.4 Å². The molecule has 2 unspecified atom stereocenters. The standard InChI is InChI=1S/C22H21ClN4O.2C2HF3O2/c23-17-6-3-5-16(11-17)12-25-14-20-21(15-25)27(13-18-7-1-2-9-24-18)22(28)19-8-4-10-26(19)20;2*3-2(4,5)1(6)7/h1-11,20-21H,12-15H2;2*(H,6,7). The van der Waals surface area contributed by atoms with E-state index in [1.807, 2.05) is 59.6 Å². The van der Waals surface area contributed by atoms with Gasteiger partial charge in [0, 0.05) is 37.1 Å². The summed E-state index contributed by atoms with van der Waals surface area (Å²) in [6.45, 7) is 3.12. The molecule has 5 rings (SSSR count). The van der Waals surface area contributed by atoms with Gasteiger partial charge in [0.25, 0.3) is 5.91 Å². The minimum Gasteiger partial charge on any atom is -0.475 e. The second-order valence-corrected chi connectivity index (χ2v) is 9.56. The number of amides is 1. The third kappa shape index (κ3) is 8.45. The van der Waals surface area contributed by atoms with Crippen molar-refractivity contribution in [3.63, 3.8) is 0 Å². The predicted molar refractivity (Wildman–Crippen MR) is 135 cm³/mol. The van der Waals surface area contributed by atoms with Crippen molar-refractivity contribution in [1.29, 1.82) is 0 Å². The fourth-order valence-corrected chi connectivity index (χ4v) is 4.68. The molecule has 0 spiro atoms. The van der Waals surface area contributed by atoms with Crippen LogP contribution in [0.2, 0.25) is 5.02 Å². The first kappa shape index (κ1) is 32.4. The molecule has 2 aliphatic rings. The van der Waals surface area contributed by atoms with Crippen molar-refractivity contribution in [2.24, 2.45) is 0 Å². The Balaban J connectivity index is 0.000000289. The summed E-state index contributed by atoms with van der Waals surface area (Å²) in [5.41, 5.74) is 2.88. The van der Waals surface area contributed by atoms with Crippen molar-refractivity contribution in [3.8, 4) is 0 Å². The largest absolute Gasteiger partial charge is 0.490 e. The number of fused-ring (bicyclic) bond motifs is 3. The number of likely N-dealkylation sites (tertiary alicyclic amines) is 1. The highest BCUT2D eigenvalue weighted by atomic mass is 35.5. The number of aliphatic carboxylic acids is 2. The average Bonchev–Trinajstić information content (AvgIpc) is 3.54. The smallest absolute Gasteiger partial charge is 0.475 e. The van der Waals surface area contributed by atoms with E-state index in [0.29, 0.717) is 6.54 Å². The second-order valence-electron chi connectivity index (χ2n) is 9.12. The van der Waals surface area contributed by atoms with Gasteiger partial charge in [-0.15, -0.1) is 0 Å². The van der Waals surface area contributed by atoms with Crippen LogP contribution >= 0.6 is 11.6 Å². The van der Waals surface area contributed by atoms with Gasteiger partial charge < -0.3 is 19.7 Å². The first-order valence-corrected chi connectivity index (χ1v) is 12.4. The average molecular weight is 621 g/mol. The molecule has 1 aromatic carbocycles. The molecule has 2 aromatic heterocycles. The molecule has 4 heterocycles.